The van der Waals surface area contributed by atoms with Gasteiger partial charge >= 0.3 is 0 Å². The quantitative estimate of drug-likeness (QED) is 0.830. The molecule has 4 nitrogen and oxygen atoms in total. The van der Waals surface area contributed by atoms with Crippen molar-refractivity contribution >= 4 is 17.5 Å². The molecule has 1 atom stereocenters. The third-order valence-electron chi connectivity index (χ3n) is 2.97. The maximum atomic E-state index is 11.6. The molecule has 0 aliphatic carbocycles. The SMILES string of the molecule is Cc1ccc(-c2noc(C3CSCC3=O)n2)cc1. The summed E-state index contributed by atoms with van der Waals surface area (Å²) in [6.07, 6.45) is 0. The van der Waals surface area contributed by atoms with E-state index in [0.29, 0.717) is 17.5 Å². The normalized spacial score (nSPS) is 19.4. The molecule has 1 aliphatic heterocycles. The number of benzene rings is 1. The summed E-state index contributed by atoms with van der Waals surface area (Å²) in [7, 11) is 0. The summed E-state index contributed by atoms with van der Waals surface area (Å²) >= 11 is 1.61. The van der Waals surface area contributed by atoms with Gasteiger partial charge in [0.1, 0.15) is 5.92 Å². The monoisotopic (exact) mass is 260 g/mol. The topological polar surface area (TPSA) is 56.0 Å². The van der Waals surface area contributed by atoms with Crippen LogP contribution in [0.3, 0.4) is 0 Å². The van der Waals surface area contributed by atoms with Crippen molar-refractivity contribution in [1.82, 2.24) is 10.1 Å². The molecule has 1 fully saturated rings. The Balaban J connectivity index is 1.89. The van der Waals surface area contributed by atoms with E-state index >= 15 is 0 Å². The fourth-order valence-corrected chi connectivity index (χ4v) is 2.96. The molecule has 3 rings (SSSR count). The fourth-order valence-electron chi connectivity index (χ4n) is 1.88. The smallest absolute Gasteiger partial charge is 0.238 e. The van der Waals surface area contributed by atoms with Crippen LogP contribution >= 0.6 is 11.8 Å². The van der Waals surface area contributed by atoms with Gasteiger partial charge in [-0.25, -0.2) is 0 Å². The van der Waals surface area contributed by atoms with Gasteiger partial charge in [-0.1, -0.05) is 35.0 Å². The van der Waals surface area contributed by atoms with E-state index in [2.05, 4.69) is 10.1 Å². The number of thioether (sulfide) groups is 1. The van der Waals surface area contributed by atoms with Crippen molar-refractivity contribution in [1.29, 1.82) is 0 Å². The van der Waals surface area contributed by atoms with Gasteiger partial charge in [-0.3, -0.25) is 4.79 Å². The summed E-state index contributed by atoms with van der Waals surface area (Å²) in [5.74, 6) is 2.25. The highest BCUT2D eigenvalue weighted by atomic mass is 32.2. The second-order valence-electron chi connectivity index (χ2n) is 4.36. The van der Waals surface area contributed by atoms with Crippen LogP contribution in [0.1, 0.15) is 17.4 Å². The lowest BCUT2D eigenvalue weighted by atomic mass is 10.1. The van der Waals surface area contributed by atoms with Gasteiger partial charge < -0.3 is 4.52 Å². The highest BCUT2D eigenvalue weighted by molar-refractivity contribution is 8.00. The molecule has 1 unspecified atom stereocenters. The van der Waals surface area contributed by atoms with Crippen LogP contribution in [0.25, 0.3) is 11.4 Å². The molecule has 0 saturated carbocycles. The number of hydrogen-bond acceptors (Lipinski definition) is 5. The molecule has 1 saturated heterocycles. The summed E-state index contributed by atoms with van der Waals surface area (Å²) in [6, 6.07) is 7.91. The van der Waals surface area contributed by atoms with Crippen molar-refractivity contribution in [3.63, 3.8) is 0 Å². The van der Waals surface area contributed by atoms with Gasteiger partial charge in [0.2, 0.25) is 11.7 Å². The molecule has 0 bridgehead atoms. The molecule has 0 amide bonds. The molecular formula is C13H12N2O2S. The third kappa shape index (κ3) is 2.06. The lowest BCUT2D eigenvalue weighted by molar-refractivity contribution is -0.117. The number of carbonyl (C=O) groups is 1. The first-order valence-corrected chi connectivity index (χ1v) is 6.90. The Kier molecular flexibility index (Phi) is 2.91. The zero-order valence-electron chi connectivity index (χ0n) is 9.92. The Hall–Kier alpha value is -1.62. The summed E-state index contributed by atoms with van der Waals surface area (Å²) in [5, 5.41) is 3.95. The van der Waals surface area contributed by atoms with Crippen LogP contribution in [0, 0.1) is 6.92 Å². The molecule has 0 N–H and O–H groups in total. The van der Waals surface area contributed by atoms with Gasteiger partial charge in [-0.2, -0.15) is 16.7 Å². The molecule has 2 aromatic rings. The van der Waals surface area contributed by atoms with E-state index in [9.17, 15) is 4.79 Å². The Morgan fingerprint density at radius 3 is 2.78 bits per heavy atom. The summed E-state index contributed by atoms with van der Waals surface area (Å²) < 4.78 is 5.21. The Morgan fingerprint density at radius 2 is 2.11 bits per heavy atom. The van der Waals surface area contributed by atoms with Crippen molar-refractivity contribution in [2.75, 3.05) is 11.5 Å². The minimum atomic E-state index is -0.221. The molecule has 92 valence electrons. The van der Waals surface area contributed by atoms with E-state index < -0.39 is 0 Å². The first-order valence-electron chi connectivity index (χ1n) is 5.75. The molecule has 5 heteroatoms. The van der Waals surface area contributed by atoms with Crippen LogP contribution in [0.4, 0.5) is 0 Å². The number of hydrogen-bond donors (Lipinski definition) is 0. The predicted molar refractivity (Wildman–Crippen MR) is 69.5 cm³/mol. The van der Waals surface area contributed by atoms with Crippen molar-refractivity contribution in [2.24, 2.45) is 0 Å². The lowest BCUT2D eigenvalue weighted by Gasteiger charge is -1.98. The molecular weight excluding hydrogens is 248 g/mol. The van der Waals surface area contributed by atoms with Gasteiger partial charge in [0.05, 0.1) is 5.75 Å². The average molecular weight is 260 g/mol. The molecule has 0 radical (unpaired) electrons. The van der Waals surface area contributed by atoms with E-state index in [4.69, 9.17) is 4.52 Å². The molecule has 2 heterocycles. The highest BCUT2D eigenvalue weighted by Crippen LogP contribution is 2.29. The number of aromatic nitrogens is 2. The van der Waals surface area contributed by atoms with Crippen LogP contribution in [0.2, 0.25) is 0 Å². The molecule has 1 aromatic carbocycles. The van der Waals surface area contributed by atoms with Crippen LogP contribution in [-0.2, 0) is 4.79 Å². The standard InChI is InChI=1S/C13H12N2O2S/c1-8-2-4-9(5-3-8)12-14-13(17-15-12)10-6-18-7-11(10)16/h2-5,10H,6-7H2,1H3. The molecule has 1 aromatic heterocycles. The summed E-state index contributed by atoms with van der Waals surface area (Å²) in [6.45, 7) is 2.03. The lowest BCUT2D eigenvalue weighted by Crippen LogP contribution is -2.09. The van der Waals surface area contributed by atoms with Gasteiger partial charge in [-0.05, 0) is 6.92 Å². The number of nitrogens with zero attached hydrogens (tertiary/aromatic N) is 2. The molecule has 18 heavy (non-hydrogen) atoms. The number of ketones is 1. The molecule has 0 spiro atoms. The van der Waals surface area contributed by atoms with Gasteiger partial charge in [0, 0.05) is 11.3 Å². The number of Topliss-reactive ketones (excluding diaryl/α,β-unsaturated/α-hetero) is 1. The Labute approximate surface area is 109 Å². The van der Waals surface area contributed by atoms with Gasteiger partial charge in [0.25, 0.3) is 0 Å². The van der Waals surface area contributed by atoms with Crippen molar-refractivity contribution in [3.05, 3.63) is 35.7 Å². The van der Waals surface area contributed by atoms with Crippen LogP contribution < -0.4 is 0 Å². The number of rotatable bonds is 2. The van der Waals surface area contributed by atoms with Crippen molar-refractivity contribution < 1.29 is 9.32 Å². The van der Waals surface area contributed by atoms with Crippen molar-refractivity contribution in [2.45, 2.75) is 12.8 Å². The fraction of sp³-hybridized carbons (Fsp3) is 0.308. The van der Waals surface area contributed by atoms with Gasteiger partial charge in [0.15, 0.2) is 5.78 Å². The predicted octanol–water partition coefficient (Wildman–Crippen LogP) is 2.44. The maximum absolute atomic E-state index is 11.6. The zero-order valence-corrected chi connectivity index (χ0v) is 10.7. The maximum Gasteiger partial charge on any atom is 0.238 e. The van der Waals surface area contributed by atoms with E-state index in [1.165, 1.54) is 5.56 Å². The number of carbonyl (C=O) groups excluding carboxylic acids is 1. The first-order chi connectivity index (χ1) is 8.74. The second-order valence-corrected chi connectivity index (χ2v) is 5.39. The minimum absolute atomic E-state index is 0.180. The average Bonchev–Trinajstić information content (AvgIpc) is 2.98. The highest BCUT2D eigenvalue weighted by Gasteiger charge is 2.31. The zero-order chi connectivity index (χ0) is 12.5. The van der Waals surface area contributed by atoms with E-state index in [1.807, 2.05) is 31.2 Å². The van der Waals surface area contributed by atoms with E-state index in [1.54, 1.807) is 11.8 Å². The van der Waals surface area contributed by atoms with Crippen LogP contribution in [0.15, 0.2) is 28.8 Å². The van der Waals surface area contributed by atoms with E-state index in [-0.39, 0.29) is 11.7 Å². The van der Waals surface area contributed by atoms with Gasteiger partial charge in [-0.15, -0.1) is 0 Å². The molecule has 1 aliphatic rings. The summed E-state index contributed by atoms with van der Waals surface area (Å²) in [5.41, 5.74) is 2.10. The third-order valence-corrected chi connectivity index (χ3v) is 4.02. The summed E-state index contributed by atoms with van der Waals surface area (Å²) in [4.78, 5) is 15.9. The minimum Gasteiger partial charge on any atom is -0.338 e. The van der Waals surface area contributed by atoms with E-state index in [0.717, 1.165) is 11.3 Å². The van der Waals surface area contributed by atoms with Crippen LogP contribution in [0.5, 0.6) is 0 Å². The Bertz CT molecular complexity index is 577. The Morgan fingerprint density at radius 1 is 1.33 bits per heavy atom. The second kappa shape index (κ2) is 4.57. The first kappa shape index (κ1) is 11.5. The van der Waals surface area contributed by atoms with Crippen LogP contribution in [-0.4, -0.2) is 27.4 Å². The van der Waals surface area contributed by atoms with Crippen molar-refractivity contribution in [3.8, 4) is 11.4 Å². The number of aryl methyl sites for hydroxylation is 1. The largest absolute Gasteiger partial charge is 0.338 e.